The van der Waals surface area contributed by atoms with Gasteiger partial charge in [-0.25, -0.2) is 4.79 Å². The number of amides is 2. The van der Waals surface area contributed by atoms with E-state index >= 15 is 0 Å². The van der Waals surface area contributed by atoms with Crippen molar-refractivity contribution >= 4 is 17.8 Å². The zero-order chi connectivity index (χ0) is 13.9. The highest BCUT2D eigenvalue weighted by Gasteiger charge is 2.38. The van der Waals surface area contributed by atoms with Gasteiger partial charge in [0.1, 0.15) is 12.1 Å². The first-order valence-electron chi connectivity index (χ1n) is 5.46. The van der Waals surface area contributed by atoms with E-state index in [4.69, 9.17) is 10.2 Å². The molecule has 0 aromatic rings. The molecule has 0 bridgehead atoms. The lowest BCUT2D eigenvalue weighted by Gasteiger charge is -2.23. The number of likely N-dealkylation sites (tertiary alicyclic amines) is 1. The van der Waals surface area contributed by atoms with Crippen molar-refractivity contribution in [1.82, 2.24) is 10.2 Å². The van der Waals surface area contributed by atoms with Crippen LogP contribution in [0.2, 0.25) is 0 Å². The molecule has 1 unspecified atom stereocenters. The number of β-amino-alcohol motifs (C(OH)–C–C–N with tert-alkyl or cyclic N) is 1. The summed E-state index contributed by atoms with van der Waals surface area (Å²) < 4.78 is 0. The fourth-order valence-electron chi connectivity index (χ4n) is 1.86. The molecule has 1 saturated heterocycles. The summed E-state index contributed by atoms with van der Waals surface area (Å²) in [6, 6.07) is -2.31. The number of rotatable bonds is 4. The zero-order valence-corrected chi connectivity index (χ0v) is 9.87. The van der Waals surface area contributed by atoms with Crippen molar-refractivity contribution in [1.29, 1.82) is 0 Å². The van der Waals surface area contributed by atoms with Crippen molar-refractivity contribution in [2.75, 3.05) is 13.2 Å². The summed E-state index contributed by atoms with van der Waals surface area (Å²) in [4.78, 5) is 34.9. The number of carboxylic acids is 1. The third kappa shape index (κ3) is 3.17. The Kier molecular flexibility index (Phi) is 4.62. The summed E-state index contributed by atoms with van der Waals surface area (Å²) in [6.45, 7) is 0.569. The van der Waals surface area contributed by atoms with E-state index in [1.807, 2.05) is 0 Å². The largest absolute Gasteiger partial charge is 0.480 e. The minimum Gasteiger partial charge on any atom is -0.480 e. The fourth-order valence-corrected chi connectivity index (χ4v) is 1.86. The normalized spacial score (nSPS) is 24.7. The van der Waals surface area contributed by atoms with Crippen LogP contribution in [0.1, 0.15) is 13.3 Å². The summed E-state index contributed by atoms with van der Waals surface area (Å²) in [5.41, 5.74) is 0. The van der Waals surface area contributed by atoms with Crippen molar-refractivity contribution in [3.05, 3.63) is 0 Å². The van der Waals surface area contributed by atoms with Gasteiger partial charge in [-0.05, 0) is 0 Å². The molecular formula is C10H16N2O6. The minimum absolute atomic E-state index is 0.0459. The minimum atomic E-state index is -1.41. The van der Waals surface area contributed by atoms with E-state index in [0.29, 0.717) is 0 Å². The van der Waals surface area contributed by atoms with Gasteiger partial charge >= 0.3 is 5.97 Å². The maximum atomic E-state index is 11.8. The number of aliphatic hydroxyl groups excluding tert-OH is 2. The molecule has 3 atom stereocenters. The van der Waals surface area contributed by atoms with Gasteiger partial charge in [0.25, 0.3) is 0 Å². The molecule has 2 amide bonds. The van der Waals surface area contributed by atoms with E-state index in [0.717, 1.165) is 0 Å². The number of carboxylic acid groups (broad SMARTS) is 1. The Morgan fingerprint density at radius 3 is 2.50 bits per heavy atom. The standard InChI is InChI=1S/C10H16N2O6/c1-5(14)12-3-6(15)2-8(12)9(16)11-7(4-13)10(17)18/h6-8,13,15H,2-4H2,1H3,(H,11,16)(H,17,18)/t6?,7-,8-/m0/s1. The van der Waals surface area contributed by atoms with Crippen LogP contribution in [-0.4, -0.2) is 69.3 Å². The highest BCUT2D eigenvalue weighted by atomic mass is 16.4. The Balaban J connectivity index is 2.70. The molecule has 8 heteroatoms. The van der Waals surface area contributed by atoms with Gasteiger partial charge in [-0.1, -0.05) is 0 Å². The molecule has 1 heterocycles. The van der Waals surface area contributed by atoms with Crippen LogP contribution in [0.3, 0.4) is 0 Å². The summed E-state index contributed by atoms with van der Waals surface area (Å²) in [6.07, 6.45) is -0.745. The highest BCUT2D eigenvalue weighted by Crippen LogP contribution is 2.18. The van der Waals surface area contributed by atoms with Crippen LogP contribution in [-0.2, 0) is 14.4 Å². The lowest BCUT2D eigenvalue weighted by atomic mass is 10.1. The first kappa shape index (κ1) is 14.4. The Morgan fingerprint density at radius 1 is 1.44 bits per heavy atom. The van der Waals surface area contributed by atoms with E-state index in [-0.39, 0.29) is 18.9 Å². The topological polar surface area (TPSA) is 127 Å². The molecule has 0 aromatic heterocycles. The van der Waals surface area contributed by atoms with Gasteiger partial charge in [-0.15, -0.1) is 0 Å². The summed E-state index contributed by atoms with van der Waals surface area (Å²) in [5.74, 6) is -2.43. The number of nitrogens with one attached hydrogen (secondary N) is 1. The van der Waals surface area contributed by atoms with Crippen LogP contribution in [0.5, 0.6) is 0 Å². The molecule has 0 aromatic carbocycles. The SMILES string of the molecule is CC(=O)N1CC(O)C[C@H]1C(=O)N[C@@H](CO)C(=O)O. The lowest BCUT2D eigenvalue weighted by molar-refractivity contribution is -0.144. The predicted octanol–water partition coefficient (Wildman–Crippen LogP) is -2.47. The Bertz CT molecular complexity index is 358. The smallest absolute Gasteiger partial charge is 0.328 e. The Hall–Kier alpha value is -1.67. The average Bonchev–Trinajstić information content (AvgIpc) is 2.67. The quantitative estimate of drug-likeness (QED) is 0.443. The molecule has 1 aliphatic rings. The predicted molar refractivity (Wildman–Crippen MR) is 58.5 cm³/mol. The molecule has 1 rings (SSSR count). The fraction of sp³-hybridized carbons (Fsp3) is 0.700. The van der Waals surface area contributed by atoms with Gasteiger partial charge in [-0.2, -0.15) is 0 Å². The summed E-state index contributed by atoms with van der Waals surface area (Å²) >= 11 is 0. The molecular weight excluding hydrogens is 244 g/mol. The first-order valence-corrected chi connectivity index (χ1v) is 5.46. The molecule has 1 aliphatic heterocycles. The highest BCUT2D eigenvalue weighted by molar-refractivity contribution is 5.90. The first-order chi connectivity index (χ1) is 8.36. The number of aliphatic carboxylic acids is 1. The third-order valence-electron chi connectivity index (χ3n) is 2.78. The monoisotopic (exact) mass is 260 g/mol. The molecule has 8 nitrogen and oxygen atoms in total. The molecule has 102 valence electrons. The maximum Gasteiger partial charge on any atom is 0.328 e. The average molecular weight is 260 g/mol. The molecule has 18 heavy (non-hydrogen) atoms. The van der Waals surface area contributed by atoms with E-state index in [9.17, 15) is 19.5 Å². The van der Waals surface area contributed by atoms with E-state index in [1.165, 1.54) is 11.8 Å². The van der Waals surface area contributed by atoms with Crippen molar-refractivity contribution < 1.29 is 29.7 Å². The maximum absolute atomic E-state index is 11.8. The van der Waals surface area contributed by atoms with Crippen LogP contribution in [0.25, 0.3) is 0 Å². The van der Waals surface area contributed by atoms with Crippen LogP contribution in [0.15, 0.2) is 0 Å². The van der Waals surface area contributed by atoms with Crippen molar-refractivity contribution in [3.63, 3.8) is 0 Å². The van der Waals surface area contributed by atoms with E-state index < -0.39 is 36.7 Å². The van der Waals surface area contributed by atoms with Crippen molar-refractivity contribution in [2.45, 2.75) is 31.5 Å². The summed E-state index contributed by atoms with van der Waals surface area (Å²) in [5, 5.41) is 29.0. The number of nitrogens with zero attached hydrogens (tertiary/aromatic N) is 1. The molecule has 0 spiro atoms. The second-order valence-corrected chi connectivity index (χ2v) is 4.16. The number of hydrogen-bond donors (Lipinski definition) is 4. The van der Waals surface area contributed by atoms with Crippen LogP contribution in [0.4, 0.5) is 0 Å². The molecule has 0 saturated carbocycles. The number of aliphatic hydroxyl groups is 2. The van der Waals surface area contributed by atoms with Crippen LogP contribution >= 0.6 is 0 Å². The molecule has 0 radical (unpaired) electrons. The number of carbonyl (C=O) groups excluding carboxylic acids is 2. The Morgan fingerprint density at radius 2 is 2.06 bits per heavy atom. The van der Waals surface area contributed by atoms with Gasteiger partial charge in [0.2, 0.25) is 11.8 Å². The van der Waals surface area contributed by atoms with Crippen molar-refractivity contribution in [2.24, 2.45) is 0 Å². The second kappa shape index (κ2) is 5.78. The van der Waals surface area contributed by atoms with Gasteiger partial charge in [0, 0.05) is 19.9 Å². The molecule has 4 N–H and O–H groups in total. The van der Waals surface area contributed by atoms with Gasteiger partial charge in [0.05, 0.1) is 12.7 Å². The number of carbonyl (C=O) groups is 3. The van der Waals surface area contributed by atoms with Crippen LogP contribution < -0.4 is 5.32 Å². The van der Waals surface area contributed by atoms with Gasteiger partial charge in [-0.3, -0.25) is 9.59 Å². The van der Waals surface area contributed by atoms with E-state index in [1.54, 1.807) is 0 Å². The second-order valence-electron chi connectivity index (χ2n) is 4.16. The molecule has 1 fully saturated rings. The lowest BCUT2D eigenvalue weighted by Crippen LogP contribution is -2.51. The molecule has 0 aliphatic carbocycles. The zero-order valence-electron chi connectivity index (χ0n) is 9.87. The Labute approximate surface area is 103 Å². The van der Waals surface area contributed by atoms with Gasteiger partial charge in [0.15, 0.2) is 0 Å². The van der Waals surface area contributed by atoms with Crippen LogP contribution in [0, 0.1) is 0 Å². The van der Waals surface area contributed by atoms with Crippen molar-refractivity contribution in [3.8, 4) is 0 Å². The van der Waals surface area contributed by atoms with E-state index in [2.05, 4.69) is 5.32 Å². The number of hydrogen-bond acceptors (Lipinski definition) is 5. The third-order valence-corrected chi connectivity index (χ3v) is 2.78. The summed E-state index contributed by atoms with van der Waals surface area (Å²) in [7, 11) is 0. The van der Waals surface area contributed by atoms with Gasteiger partial charge < -0.3 is 25.5 Å².